The van der Waals surface area contributed by atoms with Gasteiger partial charge in [0.1, 0.15) is 12.2 Å². The second kappa shape index (κ2) is 7.29. The molecule has 1 amide bonds. The third kappa shape index (κ3) is 5.06. The fraction of sp³-hybridized carbons (Fsp3) is 0.529. The molecule has 0 N–H and O–H groups in total. The van der Waals surface area contributed by atoms with E-state index in [1.807, 2.05) is 51.1 Å². The Kier molecular flexibility index (Phi) is 5.41. The Bertz CT molecular complexity index is 508. The minimum atomic E-state index is -0.481. The second-order valence-electron chi connectivity index (χ2n) is 6.40. The van der Waals surface area contributed by atoms with Gasteiger partial charge in [-0.15, -0.1) is 0 Å². The van der Waals surface area contributed by atoms with Gasteiger partial charge in [0.2, 0.25) is 0 Å². The molecule has 0 saturated carbocycles. The van der Waals surface area contributed by atoms with E-state index in [9.17, 15) is 4.79 Å². The molecule has 1 saturated heterocycles. The maximum atomic E-state index is 12.1. The van der Waals surface area contributed by atoms with Gasteiger partial charge in [0, 0.05) is 6.54 Å². The standard InChI is InChI=1S/C17H24N2O3/c1-17(2,3)22-16(20)19-11-7-10-15(19)12-18-21-13-14-8-5-4-6-9-14/h4-6,8-9,12,15H,7,10-11,13H2,1-3H3/b18-12+. The number of likely N-dealkylation sites (tertiary alicyclic amines) is 1. The zero-order valence-corrected chi connectivity index (χ0v) is 13.5. The van der Waals surface area contributed by atoms with Crippen LogP contribution in [0.3, 0.4) is 0 Å². The van der Waals surface area contributed by atoms with E-state index in [1.165, 1.54) is 0 Å². The third-order valence-electron chi connectivity index (χ3n) is 3.31. The molecular weight excluding hydrogens is 280 g/mol. The van der Waals surface area contributed by atoms with Crippen molar-refractivity contribution in [1.29, 1.82) is 0 Å². The summed E-state index contributed by atoms with van der Waals surface area (Å²) < 4.78 is 5.41. The van der Waals surface area contributed by atoms with Gasteiger partial charge < -0.3 is 14.5 Å². The van der Waals surface area contributed by atoms with Gasteiger partial charge in [-0.1, -0.05) is 35.5 Å². The summed E-state index contributed by atoms with van der Waals surface area (Å²) >= 11 is 0. The molecule has 120 valence electrons. The first kappa shape index (κ1) is 16.3. The number of hydrogen-bond donors (Lipinski definition) is 0. The van der Waals surface area contributed by atoms with E-state index < -0.39 is 5.60 Å². The number of carbonyl (C=O) groups excluding carboxylic acids is 1. The Balaban J connectivity index is 1.83. The zero-order chi connectivity index (χ0) is 16.0. The van der Waals surface area contributed by atoms with Crippen LogP contribution in [0.15, 0.2) is 35.5 Å². The minimum Gasteiger partial charge on any atom is -0.444 e. The lowest BCUT2D eigenvalue weighted by molar-refractivity contribution is 0.0265. The van der Waals surface area contributed by atoms with E-state index in [0.717, 1.165) is 18.4 Å². The van der Waals surface area contributed by atoms with Crippen LogP contribution in [-0.4, -0.2) is 35.4 Å². The summed E-state index contributed by atoms with van der Waals surface area (Å²) in [5.74, 6) is 0. The predicted molar refractivity (Wildman–Crippen MR) is 85.7 cm³/mol. The van der Waals surface area contributed by atoms with Crippen molar-refractivity contribution >= 4 is 12.3 Å². The Hall–Kier alpha value is -2.04. The molecule has 5 nitrogen and oxygen atoms in total. The Morgan fingerprint density at radius 2 is 2.09 bits per heavy atom. The van der Waals surface area contributed by atoms with Crippen molar-refractivity contribution < 1.29 is 14.4 Å². The van der Waals surface area contributed by atoms with Crippen molar-refractivity contribution in [3.05, 3.63) is 35.9 Å². The molecule has 2 rings (SSSR count). The van der Waals surface area contributed by atoms with Crippen molar-refractivity contribution in [1.82, 2.24) is 4.90 Å². The zero-order valence-electron chi connectivity index (χ0n) is 13.5. The molecule has 0 spiro atoms. The summed E-state index contributed by atoms with van der Waals surface area (Å²) in [6.45, 7) is 6.73. The van der Waals surface area contributed by atoms with Crippen molar-refractivity contribution in [2.24, 2.45) is 5.16 Å². The summed E-state index contributed by atoms with van der Waals surface area (Å²) in [6.07, 6.45) is 3.25. The highest BCUT2D eigenvalue weighted by Gasteiger charge is 2.31. The molecular formula is C17H24N2O3. The lowest BCUT2D eigenvalue weighted by Gasteiger charge is -2.26. The van der Waals surface area contributed by atoms with E-state index in [-0.39, 0.29) is 12.1 Å². The van der Waals surface area contributed by atoms with Gasteiger partial charge in [0.25, 0.3) is 0 Å². The Labute approximate surface area is 131 Å². The van der Waals surface area contributed by atoms with Crippen LogP contribution in [0.2, 0.25) is 0 Å². The summed E-state index contributed by atoms with van der Waals surface area (Å²) in [5, 5.41) is 4.00. The van der Waals surface area contributed by atoms with Gasteiger partial charge in [0.15, 0.2) is 0 Å². The molecule has 1 unspecified atom stereocenters. The van der Waals surface area contributed by atoms with Crippen molar-refractivity contribution in [3.8, 4) is 0 Å². The highest BCUT2D eigenvalue weighted by atomic mass is 16.6. The number of nitrogens with zero attached hydrogens (tertiary/aromatic N) is 2. The molecule has 1 aromatic rings. The fourth-order valence-electron chi connectivity index (χ4n) is 2.29. The first-order chi connectivity index (χ1) is 10.5. The average molecular weight is 304 g/mol. The normalized spacial score (nSPS) is 18.7. The van der Waals surface area contributed by atoms with E-state index in [2.05, 4.69) is 5.16 Å². The number of oxime groups is 1. The molecule has 1 aromatic carbocycles. The van der Waals surface area contributed by atoms with E-state index in [0.29, 0.717) is 13.2 Å². The van der Waals surface area contributed by atoms with Gasteiger partial charge in [0.05, 0.1) is 12.3 Å². The Morgan fingerprint density at radius 1 is 1.36 bits per heavy atom. The average Bonchev–Trinajstić information content (AvgIpc) is 2.91. The van der Waals surface area contributed by atoms with Gasteiger partial charge in [-0.05, 0) is 39.2 Å². The lowest BCUT2D eigenvalue weighted by Crippen LogP contribution is -2.40. The quantitative estimate of drug-likeness (QED) is 0.631. The minimum absolute atomic E-state index is 0.0503. The van der Waals surface area contributed by atoms with Crippen LogP contribution in [0, 0.1) is 0 Å². The maximum Gasteiger partial charge on any atom is 0.410 e. The fourth-order valence-corrected chi connectivity index (χ4v) is 2.29. The largest absolute Gasteiger partial charge is 0.444 e. The molecule has 1 heterocycles. The van der Waals surface area contributed by atoms with Crippen molar-refractivity contribution in [2.45, 2.75) is 51.9 Å². The molecule has 0 aliphatic carbocycles. The molecule has 0 radical (unpaired) electrons. The highest BCUT2D eigenvalue weighted by Crippen LogP contribution is 2.19. The molecule has 1 aliphatic heterocycles. The van der Waals surface area contributed by atoms with Crippen LogP contribution in [0.5, 0.6) is 0 Å². The van der Waals surface area contributed by atoms with Crippen molar-refractivity contribution in [3.63, 3.8) is 0 Å². The Morgan fingerprint density at radius 3 is 2.77 bits per heavy atom. The molecule has 5 heteroatoms. The summed E-state index contributed by atoms with van der Waals surface area (Å²) in [4.78, 5) is 19.1. The first-order valence-corrected chi connectivity index (χ1v) is 7.65. The van der Waals surface area contributed by atoms with Crippen LogP contribution in [-0.2, 0) is 16.2 Å². The number of benzene rings is 1. The van der Waals surface area contributed by atoms with Crippen LogP contribution < -0.4 is 0 Å². The van der Waals surface area contributed by atoms with E-state index in [4.69, 9.17) is 9.57 Å². The summed E-state index contributed by atoms with van der Waals surface area (Å²) in [5.41, 5.74) is 0.584. The predicted octanol–water partition coefficient (Wildman–Crippen LogP) is 3.59. The molecule has 1 aliphatic rings. The number of hydrogen-bond acceptors (Lipinski definition) is 4. The summed E-state index contributed by atoms with van der Waals surface area (Å²) in [6, 6.07) is 9.80. The van der Waals surface area contributed by atoms with Gasteiger partial charge >= 0.3 is 6.09 Å². The van der Waals surface area contributed by atoms with E-state index >= 15 is 0 Å². The highest BCUT2D eigenvalue weighted by molar-refractivity contribution is 5.76. The number of ether oxygens (including phenoxy) is 1. The molecule has 22 heavy (non-hydrogen) atoms. The third-order valence-corrected chi connectivity index (χ3v) is 3.31. The topological polar surface area (TPSA) is 51.1 Å². The van der Waals surface area contributed by atoms with Gasteiger partial charge in [-0.2, -0.15) is 0 Å². The van der Waals surface area contributed by atoms with Gasteiger partial charge in [-0.25, -0.2) is 4.79 Å². The van der Waals surface area contributed by atoms with Crippen LogP contribution in [0.4, 0.5) is 4.79 Å². The number of rotatable bonds is 4. The maximum absolute atomic E-state index is 12.1. The van der Waals surface area contributed by atoms with Crippen molar-refractivity contribution in [2.75, 3.05) is 6.54 Å². The SMILES string of the molecule is CC(C)(C)OC(=O)N1CCCC1/C=N/OCc1ccccc1. The molecule has 0 aromatic heterocycles. The smallest absolute Gasteiger partial charge is 0.410 e. The van der Waals surface area contributed by atoms with Crippen LogP contribution in [0.1, 0.15) is 39.2 Å². The molecule has 1 fully saturated rings. The lowest BCUT2D eigenvalue weighted by atomic mass is 10.2. The monoisotopic (exact) mass is 304 g/mol. The second-order valence-corrected chi connectivity index (χ2v) is 6.40. The summed E-state index contributed by atoms with van der Waals surface area (Å²) in [7, 11) is 0. The number of carbonyl (C=O) groups is 1. The number of amides is 1. The van der Waals surface area contributed by atoms with Crippen LogP contribution >= 0.6 is 0 Å². The van der Waals surface area contributed by atoms with E-state index in [1.54, 1.807) is 11.1 Å². The first-order valence-electron chi connectivity index (χ1n) is 7.65. The van der Waals surface area contributed by atoms with Crippen LogP contribution in [0.25, 0.3) is 0 Å². The molecule has 0 bridgehead atoms. The van der Waals surface area contributed by atoms with Gasteiger partial charge in [-0.3, -0.25) is 0 Å². The molecule has 1 atom stereocenters.